The lowest BCUT2D eigenvalue weighted by atomic mass is 10.0. The first-order chi connectivity index (χ1) is 10.1. The van der Waals surface area contributed by atoms with Crippen molar-refractivity contribution in [3.05, 3.63) is 24.0 Å². The second-order valence-corrected chi connectivity index (χ2v) is 5.95. The summed E-state index contributed by atoms with van der Waals surface area (Å²) >= 11 is 0. The molecule has 0 radical (unpaired) electrons. The van der Waals surface area contributed by atoms with Gasteiger partial charge in [-0.3, -0.25) is 0 Å². The van der Waals surface area contributed by atoms with Gasteiger partial charge in [-0.05, 0) is 53.8 Å². The molecule has 2 atom stereocenters. The average molecular weight is 289 g/mol. The Hall–Kier alpha value is -1.98. The zero-order valence-electron chi connectivity index (χ0n) is 12.2. The largest absolute Gasteiger partial charge is 0.396 e. The normalized spacial score (nSPS) is 23.0. The maximum Gasteiger partial charge on any atom is 0.182 e. The Morgan fingerprint density at radius 2 is 2.10 bits per heavy atom. The summed E-state index contributed by atoms with van der Waals surface area (Å²) < 4.78 is 15.5. The van der Waals surface area contributed by atoms with Crippen molar-refractivity contribution in [2.45, 2.75) is 45.1 Å². The first kappa shape index (κ1) is 14.0. The SMILES string of the molecule is CC1CCCC(n2nnnc2-c2ccc(N)c(F)c2)CC1. The zero-order chi connectivity index (χ0) is 14.8. The molecule has 0 saturated heterocycles. The molecule has 1 aliphatic rings. The molecule has 0 amide bonds. The van der Waals surface area contributed by atoms with Gasteiger partial charge in [0.2, 0.25) is 0 Å². The van der Waals surface area contributed by atoms with E-state index in [0.717, 1.165) is 18.8 Å². The summed E-state index contributed by atoms with van der Waals surface area (Å²) in [5, 5.41) is 12.0. The van der Waals surface area contributed by atoms with Gasteiger partial charge in [0.1, 0.15) is 5.82 Å². The molecule has 5 nitrogen and oxygen atoms in total. The number of hydrogen-bond acceptors (Lipinski definition) is 4. The Morgan fingerprint density at radius 3 is 2.90 bits per heavy atom. The minimum Gasteiger partial charge on any atom is -0.396 e. The van der Waals surface area contributed by atoms with Crippen molar-refractivity contribution in [2.24, 2.45) is 5.92 Å². The Labute approximate surface area is 123 Å². The molecule has 112 valence electrons. The minimum absolute atomic E-state index is 0.140. The molecule has 2 unspecified atom stereocenters. The third kappa shape index (κ3) is 2.89. The van der Waals surface area contributed by atoms with Gasteiger partial charge >= 0.3 is 0 Å². The molecule has 21 heavy (non-hydrogen) atoms. The van der Waals surface area contributed by atoms with E-state index in [1.165, 1.54) is 25.3 Å². The van der Waals surface area contributed by atoms with Crippen molar-refractivity contribution in [3.8, 4) is 11.4 Å². The average Bonchev–Trinajstić information content (AvgIpc) is 2.85. The van der Waals surface area contributed by atoms with Crippen LogP contribution in [0.4, 0.5) is 10.1 Å². The van der Waals surface area contributed by atoms with E-state index in [2.05, 4.69) is 22.4 Å². The van der Waals surface area contributed by atoms with Crippen LogP contribution in [0.5, 0.6) is 0 Å². The van der Waals surface area contributed by atoms with Crippen LogP contribution >= 0.6 is 0 Å². The smallest absolute Gasteiger partial charge is 0.182 e. The number of anilines is 1. The molecule has 1 saturated carbocycles. The van der Waals surface area contributed by atoms with Crippen molar-refractivity contribution in [1.82, 2.24) is 20.2 Å². The van der Waals surface area contributed by atoms with E-state index in [1.807, 2.05) is 4.68 Å². The maximum atomic E-state index is 13.7. The van der Waals surface area contributed by atoms with Crippen LogP contribution in [0.25, 0.3) is 11.4 Å². The third-order valence-corrected chi connectivity index (χ3v) is 4.32. The summed E-state index contributed by atoms with van der Waals surface area (Å²) in [6.07, 6.45) is 5.75. The number of aromatic nitrogens is 4. The molecule has 0 spiro atoms. The summed E-state index contributed by atoms with van der Waals surface area (Å²) in [5.41, 5.74) is 6.34. The Kier molecular flexibility index (Phi) is 3.86. The number of tetrazole rings is 1. The fourth-order valence-electron chi connectivity index (χ4n) is 3.01. The monoisotopic (exact) mass is 289 g/mol. The molecule has 3 rings (SSSR count). The van der Waals surface area contributed by atoms with Gasteiger partial charge in [-0.15, -0.1) is 5.10 Å². The lowest BCUT2D eigenvalue weighted by Gasteiger charge is -2.16. The first-order valence-corrected chi connectivity index (χ1v) is 7.48. The molecule has 1 aromatic heterocycles. The number of halogens is 1. The lowest BCUT2D eigenvalue weighted by molar-refractivity contribution is 0.394. The Morgan fingerprint density at radius 1 is 1.24 bits per heavy atom. The van der Waals surface area contributed by atoms with Crippen LogP contribution in [0.1, 0.15) is 45.1 Å². The van der Waals surface area contributed by atoms with Crippen LogP contribution in [0.3, 0.4) is 0 Å². The third-order valence-electron chi connectivity index (χ3n) is 4.32. The van der Waals surface area contributed by atoms with E-state index in [1.54, 1.807) is 12.1 Å². The molecule has 1 fully saturated rings. The van der Waals surface area contributed by atoms with Crippen molar-refractivity contribution in [3.63, 3.8) is 0 Å². The van der Waals surface area contributed by atoms with Gasteiger partial charge in [0, 0.05) is 5.56 Å². The Bertz CT molecular complexity index is 624. The number of hydrogen-bond donors (Lipinski definition) is 1. The highest BCUT2D eigenvalue weighted by atomic mass is 19.1. The highest BCUT2D eigenvalue weighted by Gasteiger charge is 2.22. The topological polar surface area (TPSA) is 69.6 Å². The van der Waals surface area contributed by atoms with Gasteiger partial charge in [-0.2, -0.15) is 0 Å². The van der Waals surface area contributed by atoms with Gasteiger partial charge in [0.05, 0.1) is 11.7 Å². The maximum absolute atomic E-state index is 13.7. The molecule has 6 heteroatoms. The fraction of sp³-hybridized carbons (Fsp3) is 0.533. The van der Waals surface area contributed by atoms with E-state index in [0.29, 0.717) is 17.4 Å². The van der Waals surface area contributed by atoms with Crippen molar-refractivity contribution < 1.29 is 4.39 Å². The quantitative estimate of drug-likeness (QED) is 0.681. The number of nitrogens with two attached hydrogens (primary N) is 1. The van der Waals surface area contributed by atoms with Gasteiger partial charge in [0.15, 0.2) is 5.82 Å². The standard InChI is InChI=1S/C15H20FN5/c1-10-3-2-4-12(7-5-10)21-15(18-19-20-21)11-6-8-14(17)13(16)9-11/h6,8-10,12H,2-5,7,17H2,1H3. The Balaban J connectivity index is 1.91. The first-order valence-electron chi connectivity index (χ1n) is 7.48. The molecule has 0 aliphatic heterocycles. The highest BCUT2D eigenvalue weighted by molar-refractivity contribution is 5.59. The van der Waals surface area contributed by atoms with Crippen LogP contribution in [-0.2, 0) is 0 Å². The van der Waals surface area contributed by atoms with E-state index in [9.17, 15) is 4.39 Å². The van der Waals surface area contributed by atoms with E-state index >= 15 is 0 Å². The van der Waals surface area contributed by atoms with Crippen LogP contribution in [0.15, 0.2) is 18.2 Å². The van der Waals surface area contributed by atoms with E-state index in [-0.39, 0.29) is 5.69 Å². The molecule has 0 bridgehead atoms. The molecular formula is C15H20FN5. The van der Waals surface area contributed by atoms with E-state index in [4.69, 9.17) is 5.73 Å². The van der Waals surface area contributed by atoms with E-state index < -0.39 is 5.82 Å². The zero-order valence-corrected chi connectivity index (χ0v) is 12.2. The number of nitrogens with zero attached hydrogens (tertiary/aromatic N) is 4. The summed E-state index contributed by atoms with van der Waals surface area (Å²) in [5.74, 6) is 0.939. The van der Waals surface area contributed by atoms with Crippen LogP contribution in [0, 0.1) is 11.7 Å². The van der Waals surface area contributed by atoms with Crippen molar-refractivity contribution >= 4 is 5.69 Å². The van der Waals surface area contributed by atoms with Gasteiger partial charge in [0.25, 0.3) is 0 Å². The van der Waals surface area contributed by atoms with Crippen molar-refractivity contribution in [2.75, 3.05) is 5.73 Å². The second-order valence-electron chi connectivity index (χ2n) is 5.95. The molecule has 1 aromatic carbocycles. The minimum atomic E-state index is -0.434. The predicted octanol–water partition coefficient (Wildman–Crippen LogP) is 3.20. The van der Waals surface area contributed by atoms with Gasteiger partial charge in [-0.25, -0.2) is 9.07 Å². The van der Waals surface area contributed by atoms with Gasteiger partial charge < -0.3 is 5.73 Å². The van der Waals surface area contributed by atoms with Crippen molar-refractivity contribution in [1.29, 1.82) is 0 Å². The summed E-state index contributed by atoms with van der Waals surface area (Å²) in [6.45, 7) is 2.29. The summed E-state index contributed by atoms with van der Waals surface area (Å²) in [6, 6.07) is 5.01. The molecule has 1 aliphatic carbocycles. The van der Waals surface area contributed by atoms with Gasteiger partial charge in [-0.1, -0.05) is 19.8 Å². The summed E-state index contributed by atoms with van der Waals surface area (Å²) in [4.78, 5) is 0. The number of rotatable bonds is 2. The second kappa shape index (κ2) is 5.79. The molecule has 1 heterocycles. The predicted molar refractivity (Wildman–Crippen MR) is 78.9 cm³/mol. The van der Waals surface area contributed by atoms with Crippen LogP contribution < -0.4 is 5.73 Å². The molecule has 2 aromatic rings. The molecular weight excluding hydrogens is 269 g/mol. The summed E-state index contributed by atoms with van der Waals surface area (Å²) in [7, 11) is 0. The van der Waals surface area contributed by atoms with Crippen LogP contribution in [-0.4, -0.2) is 20.2 Å². The highest BCUT2D eigenvalue weighted by Crippen LogP contribution is 2.32. The fourth-order valence-corrected chi connectivity index (χ4v) is 3.01. The molecule has 2 N–H and O–H groups in total. The van der Waals surface area contributed by atoms with Crippen LogP contribution in [0.2, 0.25) is 0 Å². The number of benzene rings is 1. The number of nitrogen functional groups attached to an aromatic ring is 1. The lowest BCUT2D eigenvalue weighted by Crippen LogP contribution is -2.12.